The van der Waals surface area contributed by atoms with Crippen molar-refractivity contribution in [2.75, 3.05) is 0 Å². The molecule has 1 unspecified atom stereocenters. The van der Waals surface area contributed by atoms with Crippen LogP contribution < -0.4 is 16.0 Å². The van der Waals surface area contributed by atoms with Crippen LogP contribution in [0.5, 0.6) is 5.75 Å². The number of fused-ring (bicyclic) bond motifs is 1. The minimum atomic E-state index is -0.787. The van der Waals surface area contributed by atoms with Gasteiger partial charge in [0.15, 0.2) is 0 Å². The molecular weight excluding hydrogens is 396 g/mol. The van der Waals surface area contributed by atoms with Crippen LogP contribution >= 0.6 is 0 Å². The molecule has 1 aliphatic rings. The number of allylic oxidation sites excluding steroid dienone is 1. The lowest BCUT2D eigenvalue weighted by atomic mass is 9.84. The molecule has 0 aliphatic carbocycles. The number of benzene rings is 2. The van der Waals surface area contributed by atoms with Crippen molar-refractivity contribution < 1.29 is 9.66 Å². The number of non-ortho nitro benzene ring substituents is 1. The number of pyridine rings is 1. The van der Waals surface area contributed by atoms with Crippen LogP contribution in [0.4, 0.5) is 5.69 Å². The first kappa shape index (κ1) is 19.9. The van der Waals surface area contributed by atoms with Crippen molar-refractivity contribution in [1.29, 1.82) is 5.26 Å². The van der Waals surface area contributed by atoms with Crippen molar-refractivity contribution in [1.82, 2.24) is 4.57 Å². The van der Waals surface area contributed by atoms with Crippen molar-refractivity contribution in [3.05, 3.63) is 115 Å². The summed E-state index contributed by atoms with van der Waals surface area (Å²) in [6.07, 6.45) is 0. The van der Waals surface area contributed by atoms with E-state index in [1.807, 2.05) is 36.4 Å². The molecule has 0 spiro atoms. The Balaban J connectivity index is 1.90. The maximum atomic E-state index is 13.6. The van der Waals surface area contributed by atoms with Crippen LogP contribution in [-0.2, 0) is 6.54 Å². The topological polar surface area (TPSA) is 124 Å². The Morgan fingerprint density at radius 2 is 1.87 bits per heavy atom. The van der Waals surface area contributed by atoms with Gasteiger partial charge in [0.2, 0.25) is 5.88 Å². The van der Waals surface area contributed by atoms with Gasteiger partial charge >= 0.3 is 0 Å². The minimum absolute atomic E-state index is 0.0852. The number of aromatic nitrogens is 1. The molecule has 8 heteroatoms. The lowest BCUT2D eigenvalue weighted by Gasteiger charge is -2.27. The maximum absolute atomic E-state index is 13.6. The van der Waals surface area contributed by atoms with E-state index in [2.05, 4.69) is 0 Å². The molecule has 154 valence electrons. The summed E-state index contributed by atoms with van der Waals surface area (Å²) in [5.74, 6) is -0.589. The highest BCUT2D eigenvalue weighted by Crippen LogP contribution is 2.40. The van der Waals surface area contributed by atoms with E-state index in [1.54, 1.807) is 17.6 Å². The molecule has 4 rings (SSSR count). The van der Waals surface area contributed by atoms with E-state index in [0.29, 0.717) is 17.8 Å². The Morgan fingerprint density at radius 3 is 2.48 bits per heavy atom. The summed E-state index contributed by atoms with van der Waals surface area (Å²) in [5.41, 5.74) is 8.15. The van der Waals surface area contributed by atoms with E-state index >= 15 is 0 Å². The number of nitrogens with zero attached hydrogens (tertiary/aromatic N) is 3. The zero-order valence-corrected chi connectivity index (χ0v) is 16.6. The fraction of sp³-hybridized carbons (Fsp3) is 0.130. The third-order valence-corrected chi connectivity index (χ3v) is 5.31. The van der Waals surface area contributed by atoms with Crippen LogP contribution in [-0.4, -0.2) is 9.49 Å². The highest BCUT2D eigenvalue weighted by molar-refractivity contribution is 5.56. The molecule has 2 aromatic carbocycles. The monoisotopic (exact) mass is 414 g/mol. The zero-order chi connectivity index (χ0) is 22.1. The van der Waals surface area contributed by atoms with E-state index in [9.17, 15) is 20.2 Å². The third kappa shape index (κ3) is 3.53. The number of nitrogens with two attached hydrogens (primary N) is 1. The van der Waals surface area contributed by atoms with Gasteiger partial charge in [-0.25, -0.2) is 0 Å². The fourth-order valence-electron chi connectivity index (χ4n) is 3.77. The summed E-state index contributed by atoms with van der Waals surface area (Å²) in [4.78, 5) is 24.1. The summed E-state index contributed by atoms with van der Waals surface area (Å²) >= 11 is 0. The molecular formula is C23H18N4O4. The summed E-state index contributed by atoms with van der Waals surface area (Å²) in [6.45, 7) is 2.15. The van der Waals surface area contributed by atoms with Crippen LogP contribution in [0.1, 0.15) is 28.3 Å². The molecule has 3 aromatic rings. The quantitative estimate of drug-likeness (QED) is 0.516. The smallest absolute Gasteiger partial charge is 0.269 e. The molecule has 0 bridgehead atoms. The van der Waals surface area contributed by atoms with Gasteiger partial charge < -0.3 is 15.0 Å². The van der Waals surface area contributed by atoms with Crippen LogP contribution in [0.25, 0.3) is 0 Å². The summed E-state index contributed by atoms with van der Waals surface area (Å²) in [5, 5.41) is 20.7. The first-order chi connectivity index (χ1) is 14.9. The second-order valence-electron chi connectivity index (χ2n) is 7.21. The lowest BCUT2D eigenvalue weighted by Crippen LogP contribution is -2.33. The van der Waals surface area contributed by atoms with Gasteiger partial charge in [0.25, 0.3) is 11.2 Å². The Labute approximate surface area is 177 Å². The van der Waals surface area contributed by atoms with E-state index in [-0.39, 0.29) is 34.0 Å². The molecule has 1 aromatic heterocycles. The number of nitro groups is 1. The van der Waals surface area contributed by atoms with E-state index in [4.69, 9.17) is 10.5 Å². The predicted molar refractivity (Wildman–Crippen MR) is 113 cm³/mol. The number of aryl methyl sites for hydroxylation is 1. The zero-order valence-electron chi connectivity index (χ0n) is 16.6. The Hall–Kier alpha value is -4.38. The Kier molecular flexibility index (Phi) is 5.01. The Morgan fingerprint density at radius 1 is 1.19 bits per heavy atom. The highest BCUT2D eigenvalue weighted by Gasteiger charge is 2.34. The predicted octanol–water partition coefficient (Wildman–Crippen LogP) is 3.33. The first-order valence-corrected chi connectivity index (χ1v) is 9.51. The number of ether oxygens (including phenoxy) is 1. The van der Waals surface area contributed by atoms with E-state index in [1.165, 1.54) is 24.3 Å². The van der Waals surface area contributed by atoms with Crippen molar-refractivity contribution in [2.24, 2.45) is 5.73 Å². The molecule has 0 radical (unpaired) electrons. The standard InChI is InChI=1S/C23H18N4O4/c1-14-11-19-21(23(28)26(14)13-15-5-3-2-4-6-15)20(18(12-24)22(25)31-19)16-7-9-17(10-8-16)27(29)30/h2-11,20H,13,25H2,1H3. The summed E-state index contributed by atoms with van der Waals surface area (Å²) in [6, 6.07) is 19.0. The second-order valence-corrected chi connectivity index (χ2v) is 7.21. The summed E-state index contributed by atoms with van der Waals surface area (Å²) in [7, 11) is 0. The average molecular weight is 414 g/mol. The molecule has 2 heterocycles. The fourth-order valence-corrected chi connectivity index (χ4v) is 3.77. The lowest BCUT2D eigenvalue weighted by molar-refractivity contribution is -0.384. The summed E-state index contributed by atoms with van der Waals surface area (Å²) < 4.78 is 7.25. The number of rotatable bonds is 4. The molecule has 0 saturated carbocycles. The molecule has 31 heavy (non-hydrogen) atoms. The first-order valence-electron chi connectivity index (χ1n) is 9.51. The van der Waals surface area contributed by atoms with Gasteiger partial charge in [-0.1, -0.05) is 42.5 Å². The third-order valence-electron chi connectivity index (χ3n) is 5.31. The van der Waals surface area contributed by atoms with Gasteiger partial charge in [-0.2, -0.15) is 5.26 Å². The number of hydrogen-bond acceptors (Lipinski definition) is 6. The average Bonchev–Trinajstić information content (AvgIpc) is 2.76. The number of nitriles is 1. The van der Waals surface area contributed by atoms with E-state index in [0.717, 1.165) is 5.56 Å². The van der Waals surface area contributed by atoms with Gasteiger partial charge in [0.05, 0.1) is 22.9 Å². The number of nitro benzene ring substituents is 1. The van der Waals surface area contributed by atoms with Crippen LogP contribution in [0, 0.1) is 28.4 Å². The van der Waals surface area contributed by atoms with Crippen LogP contribution in [0.2, 0.25) is 0 Å². The number of hydrogen-bond donors (Lipinski definition) is 1. The molecule has 2 N–H and O–H groups in total. The van der Waals surface area contributed by atoms with Gasteiger partial charge in [0, 0.05) is 23.9 Å². The normalized spacial score (nSPS) is 15.0. The van der Waals surface area contributed by atoms with Crippen LogP contribution in [0.3, 0.4) is 0 Å². The van der Waals surface area contributed by atoms with E-state index < -0.39 is 10.8 Å². The highest BCUT2D eigenvalue weighted by atomic mass is 16.6. The largest absolute Gasteiger partial charge is 0.440 e. The minimum Gasteiger partial charge on any atom is -0.440 e. The molecule has 0 saturated heterocycles. The molecule has 0 amide bonds. The Bertz CT molecular complexity index is 1300. The SMILES string of the molecule is Cc1cc2c(c(=O)n1Cc1ccccc1)C(c1ccc([N+](=O)[O-])cc1)C(C#N)=C(N)O2. The van der Waals surface area contributed by atoms with Gasteiger partial charge in [0.1, 0.15) is 17.4 Å². The van der Waals surface area contributed by atoms with Crippen molar-refractivity contribution in [2.45, 2.75) is 19.4 Å². The van der Waals surface area contributed by atoms with Crippen molar-refractivity contribution in [3.63, 3.8) is 0 Å². The van der Waals surface area contributed by atoms with Gasteiger partial charge in [-0.15, -0.1) is 0 Å². The second kappa shape index (κ2) is 7.80. The molecule has 1 aliphatic heterocycles. The van der Waals surface area contributed by atoms with Crippen molar-refractivity contribution in [3.8, 4) is 11.8 Å². The maximum Gasteiger partial charge on any atom is 0.269 e. The molecule has 1 atom stereocenters. The van der Waals surface area contributed by atoms with Crippen LogP contribution in [0.15, 0.2) is 76.9 Å². The van der Waals surface area contributed by atoms with Gasteiger partial charge in [-0.05, 0) is 18.1 Å². The molecule has 0 fully saturated rings. The molecule has 8 nitrogen and oxygen atoms in total. The van der Waals surface area contributed by atoms with Gasteiger partial charge in [-0.3, -0.25) is 14.9 Å². The van der Waals surface area contributed by atoms with Crippen molar-refractivity contribution >= 4 is 5.69 Å².